The Balaban J connectivity index is 2.09. The van der Waals surface area contributed by atoms with E-state index in [0.29, 0.717) is 23.8 Å². The molecule has 1 aromatic carbocycles. The van der Waals surface area contributed by atoms with Crippen molar-refractivity contribution in [1.82, 2.24) is 10.5 Å². The van der Waals surface area contributed by atoms with Crippen LogP contribution in [0.3, 0.4) is 0 Å². The Bertz CT molecular complexity index is 666. The maximum absolute atomic E-state index is 12.1. The first-order chi connectivity index (χ1) is 11.0. The third-order valence-corrected chi connectivity index (χ3v) is 3.35. The van der Waals surface area contributed by atoms with Gasteiger partial charge in [0.05, 0.1) is 25.5 Å². The zero-order valence-electron chi connectivity index (χ0n) is 13.9. The molecular weight excluding hydrogens is 296 g/mol. The number of methoxy groups -OCH3 is 1. The van der Waals surface area contributed by atoms with E-state index in [9.17, 15) is 4.79 Å². The maximum Gasteiger partial charge on any atom is 0.290 e. The highest BCUT2D eigenvalue weighted by Crippen LogP contribution is 2.30. The summed E-state index contributed by atoms with van der Waals surface area (Å²) in [6, 6.07) is 7.02. The van der Waals surface area contributed by atoms with E-state index >= 15 is 0 Å². The van der Waals surface area contributed by atoms with Gasteiger partial charge in [0.25, 0.3) is 5.91 Å². The normalized spacial score (nSPS) is 11.8. The van der Waals surface area contributed by atoms with Crippen LogP contribution < -0.4 is 14.8 Å². The van der Waals surface area contributed by atoms with Crippen molar-refractivity contribution in [2.45, 2.75) is 33.2 Å². The molecule has 1 aromatic heterocycles. The summed E-state index contributed by atoms with van der Waals surface area (Å²) in [5.41, 5.74) is 1.58. The Morgan fingerprint density at radius 3 is 2.74 bits per heavy atom. The Hall–Kier alpha value is -2.50. The van der Waals surface area contributed by atoms with Crippen molar-refractivity contribution in [3.63, 3.8) is 0 Å². The highest BCUT2D eigenvalue weighted by Gasteiger charge is 2.17. The number of carbonyl (C=O) groups is 1. The third-order valence-electron chi connectivity index (χ3n) is 3.35. The number of aromatic nitrogens is 1. The van der Waals surface area contributed by atoms with E-state index in [0.717, 1.165) is 12.0 Å². The van der Waals surface area contributed by atoms with Gasteiger partial charge in [-0.05, 0) is 38.0 Å². The van der Waals surface area contributed by atoms with E-state index in [1.54, 1.807) is 20.1 Å². The molecule has 0 aliphatic rings. The molecule has 2 rings (SSSR count). The number of nitrogens with zero attached hydrogens (tertiary/aromatic N) is 1. The third kappa shape index (κ3) is 4.25. The summed E-state index contributed by atoms with van der Waals surface area (Å²) < 4.78 is 16.0. The number of carbonyl (C=O) groups excluding carboxylic acids is 1. The number of benzene rings is 1. The fourth-order valence-electron chi connectivity index (χ4n) is 2.11. The van der Waals surface area contributed by atoms with Crippen molar-refractivity contribution >= 4 is 5.91 Å². The second-order valence-electron chi connectivity index (χ2n) is 5.29. The zero-order valence-corrected chi connectivity index (χ0v) is 13.9. The Morgan fingerprint density at radius 1 is 1.35 bits per heavy atom. The van der Waals surface area contributed by atoms with Crippen LogP contribution >= 0.6 is 0 Å². The Labute approximate surface area is 135 Å². The molecule has 0 fully saturated rings. The molecule has 0 saturated carbocycles. The smallest absolute Gasteiger partial charge is 0.290 e. The number of hydrogen-bond donors (Lipinski definition) is 1. The monoisotopic (exact) mass is 318 g/mol. The van der Waals surface area contributed by atoms with E-state index in [2.05, 4.69) is 10.5 Å². The van der Waals surface area contributed by atoms with E-state index in [1.165, 1.54) is 0 Å². The van der Waals surface area contributed by atoms with Gasteiger partial charge in [-0.15, -0.1) is 0 Å². The van der Waals surface area contributed by atoms with Gasteiger partial charge in [-0.3, -0.25) is 4.79 Å². The summed E-state index contributed by atoms with van der Waals surface area (Å²) in [6.45, 7) is 6.34. The van der Waals surface area contributed by atoms with Crippen LogP contribution in [0.5, 0.6) is 11.5 Å². The molecule has 6 nitrogen and oxygen atoms in total. The summed E-state index contributed by atoms with van der Waals surface area (Å²) in [4.78, 5) is 12.1. The minimum Gasteiger partial charge on any atom is -0.493 e. The Kier molecular flexibility index (Phi) is 5.62. The van der Waals surface area contributed by atoms with Gasteiger partial charge in [0, 0.05) is 6.07 Å². The van der Waals surface area contributed by atoms with Gasteiger partial charge in [0.15, 0.2) is 11.5 Å². The van der Waals surface area contributed by atoms with Crippen LogP contribution in [0.2, 0.25) is 0 Å². The number of rotatable bonds is 7. The van der Waals surface area contributed by atoms with E-state index in [1.807, 2.05) is 32.0 Å². The molecule has 0 spiro atoms. The van der Waals surface area contributed by atoms with Crippen molar-refractivity contribution in [2.24, 2.45) is 0 Å². The molecule has 1 atom stereocenters. The topological polar surface area (TPSA) is 73.6 Å². The highest BCUT2D eigenvalue weighted by atomic mass is 16.5. The van der Waals surface area contributed by atoms with Gasteiger partial charge in [-0.25, -0.2) is 0 Å². The molecule has 6 heteroatoms. The van der Waals surface area contributed by atoms with Gasteiger partial charge in [0.2, 0.25) is 5.76 Å². The molecule has 1 amide bonds. The van der Waals surface area contributed by atoms with Crippen LogP contribution in [0.1, 0.15) is 48.1 Å². The lowest BCUT2D eigenvalue weighted by atomic mass is 10.1. The largest absolute Gasteiger partial charge is 0.493 e. The fraction of sp³-hybridized carbons (Fsp3) is 0.412. The molecule has 0 radical (unpaired) electrons. The lowest BCUT2D eigenvalue weighted by molar-refractivity contribution is 0.0902. The SMILES string of the molecule is CCCOc1ccc(C(C)NC(=O)c2cc(C)no2)cc1OC. The van der Waals surface area contributed by atoms with Gasteiger partial charge < -0.3 is 19.3 Å². The molecular formula is C17H22N2O4. The highest BCUT2D eigenvalue weighted by molar-refractivity contribution is 5.91. The van der Waals surface area contributed by atoms with Crippen LogP contribution in [0, 0.1) is 6.92 Å². The minimum atomic E-state index is -0.302. The summed E-state index contributed by atoms with van der Waals surface area (Å²) in [6.07, 6.45) is 0.925. The first-order valence-corrected chi connectivity index (χ1v) is 7.60. The molecule has 0 aliphatic carbocycles. The van der Waals surface area contributed by atoms with Gasteiger partial charge in [-0.1, -0.05) is 18.1 Å². The number of ether oxygens (including phenoxy) is 2. The molecule has 0 bridgehead atoms. The quantitative estimate of drug-likeness (QED) is 0.848. The standard InChI is InChI=1S/C17H22N2O4/c1-5-8-22-14-7-6-13(10-15(14)21-4)12(3)18-17(20)16-9-11(2)19-23-16/h6-7,9-10,12H,5,8H2,1-4H3,(H,18,20). The molecule has 2 aromatic rings. The molecule has 1 N–H and O–H groups in total. The lowest BCUT2D eigenvalue weighted by Crippen LogP contribution is -2.26. The van der Waals surface area contributed by atoms with Crippen LogP contribution in [0.4, 0.5) is 0 Å². The summed E-state index contributed by atoms with van der Waals surface area (Å²) in [5.74, 6) is 1.24. The molecule has 0 aliphatic heterocycles. The van der Waals surface area contributed by atoms with E-state index in [4.69, 9.17) is 14.0 Å². The molecule has 23 heavy (non-hydrogen) atoms. The van der Waals surface area contributed by atoms with Crippen molar-refractivity contribution in [2.75, 3.05) is 13.7 Å². The molecule has 124 valence electrons. The Morgan fingerprint density at radius 2 is 2.13 bits per heavy atom. The van der Waals surface area contributed by atoms with E-state index in [-0.39, 0.29) is 17.7 Å². The van der Waals surface area contributed by atoms with Gasteiger partial charge in [-0.2, -0.15) is 0 Å². The summed E-state index contributed by atoms with van der Waals surface area (Å²) in [7, 11) is 1.60. The first kappa shape index (κ1) is 16.9. The second-order valence-corrected chi connectivity index (χ2v) is 5.29. The number of nitrogens with one attached hydrogen (secondary N) is 1. The minimum absolute atomic E-state index is 0.198. The van der Waals surface area contributed by atoms with Crippen LogP contribution in [-0.4, -0.2) is 24.8 Å². The maximum atomic E-state index is 12.1. The van der Waals surface area contributed by atoms with Crippen LogP contribution in [0.25, 0.3) is 0 Å². The van der Waals surface area contributed by atoms with Crippen molar-refractivity contribution in [3.8, 4) is 11.5 Å². The average Bonchev–Trinajstić information content (AvgIpc) is 2.99. The van der Waals surface area contributed by atoms with Crippen LogP contribution in [-0.2, 0) is 0 Å². The lowest BCUT2D eigenvalue weighted by Gasteiger charge is -2.16. The van der Waals surface area contributed by atoms with Crippen molar-refractivity contribution in [1.29, 1.82) is 0 Å². The predicted molar refractivity (Wildman–Crippen MR) is 85.9 cm³/mol. The summed E-state index contributed by atoms with van der Waals surface area (Å²) >= 11 is 0. The van der Waals surface area contributed by atoms with E-state index < -0.39 is 0 Å². The second kappa shape index (κ2) is 7.67. The molecule has 1 heterocycles. The average molecular weight is 318 g/mol. The summed E-state index contributed by atoms with van der Waals surface area (Å²) in [5, 5.41) is 6.58. The van der Waals surface area contributed by atoms with Crippen molar-refractivity contribution in [3.05, 3.63) is 41.3 Å². The first-order valence-electron chi connectivity index (χ1n) is 7.60. The van der Waals surface area contributed by atoms with Gasteiger partial charge in [0.1, 0.15) is 0 Å². The number of amides is 1. The van der Waals surface area contributed by atoms with Gasteiger partial charge >= 0.3 is 0 Å². The molecule has 1 unspecified atom stereocenters. The van der Waals surface area contributed by atoms with Crippen LogP contribution in [0.15, 0.2) is 28.8 Å². The predicted octanol–water partition coefficient (Wildman–Crippen LogP) is 3.27. The number of aryl methyl sites for hydroxylation is 1. The van der Waals surface area contributed by atoms with Crippen molar-refractivity contribution < 1.29 is 18.8 Å². The zero-order chi connectivity index (χ0) is 16.8. The number of hydrogen-bond acceptors (Lipinski definition) is 5. The fourth-order valence-corrected chi connectivity index (χ4v) is 2.11. The molecule has 0 saturated heterocycles.